The van der Waals surface area contributed by atoms with E-state index in [2.05, 4.69) is 20.4 Å². The number of amides is 1. The molecule has 0 aliphatic carbocycles. The minimum atomic E-state index is -0.974. The quantitative estimate of drug-likeness (QED) is 0.717. The van der Waals surface area contributed by atoms with Crippen LogP contribution in [0, 0.1) is 6.92 Å². The highest BCUT2D eigenvalue weighted by atomic mass is 32.2. The highest BCUT2D eigenvalue weighted by Crippen LogP contribution is 2.43. The number of anilines is 1. The van der Waals surface area contributed by atoms with Crippen LogP contribution in [-0.4, -0.2) is 42.5 Å². The summed E-state index contributed by atoms with van der Waals surface area (Å²) < 4.78 is 1.53. The van der Waals surface area contributed by atoms with Gasteiger partial charge < -0.3 is 10.4 Å². The normalized spacial score (nSPS) is 16.3. The number of carbonyl (C=O) groups is 2. The molecule has 0 fully saturated rings. The number of thioether (sulfide) groups is 1. The van der Waals surface area contributed by atoms with Gasteiger partial charge in [0.15, 0.2) is 0 Å². The Morgan fingerprint density at radius 1 is 1.26 bits per heavy atom. The average Bonchev–Trinajstić information content (AvgIpc) is 2.88. The zero-order valence-electron chi connectivity index (χ0n) is 14.3. The van der Waals surface area contributed by atoms with Crippen LogP contribution in [0.1, 0.15) is 32.4 Å². The van der Waals surface area contributed by atoms with Gasteiger partial charge in [0, 0.05) is 18.0 Å². The van der Waals surface area contributed by atoms with Crippen molar-refractivity contribution in [3.05, 3.63) is 65.1 Å². The van der Waals surface area contributed by atoms with E-state index in [1.54, 1.807) is 42.7 Å². The number of carboxylic acid groups (broad SMARTS) is 1. The number of rotatable bonds is 3. The third-order valence-corrected chi connectivity index (χ3v) is 5.48. The molecule has 0 saturated carbocycles. The predicted octanol–water partition coefficient (Wildman–Crippen LogP) is 2.44. The summed E-state index contributed by atoms with van der Waals surface area (Å²) in [5, 5.41) is 16.4. The molecule has 0 saturated heterocycles. The Bertz CT molecular complexity index is 1020. The minimum absolute atomic E-state index is 0.136. The first-order valence-corrected chi connectivity index (χ1v) is 9.21. The number of benzene rings is 1. The second kappa shape index (κ2) is 6.84. The van der Waals surface area contributed by atoms with Gasteiger partial charge in [-0.3, -0.25) is 4.79 Å². The summed E-state index contributed by atoms with van der Waals surface area (Å²) in [4.78, 5) is 31.8. The van der Waals surface area contributed by atoms with Gasteiger partial charge in [-0.1, -0.05) is 12.1 Å². The van der Waals surface area contributed by atoms with Crippen LogP contribution in [0.25, 0.3) is 5.95 Å². The molecule has 4 rings (SSSR count). The van der Waals surface area contributed by atoms with Gasteiger partial charge >= 0.3 is 5.97 Å². The molecule has 136 valence electrons. The van der Waals surface area contributed by atoms with Crippen molar-refractivity contribution in [3.8, 4) is 5.95 Å². The van der Waals surface area contributed by atoms with Crippen LogP contribution in [0.5, 0.6) is 0 Å². The molecule has 8 nitrogen and oxygen atoms in total. The molecule has 0 unspecified atom stereocenters. The van der Waals surface area contributed by atoms with Crippen molar-refractivity contribution in [3.63, 3.8) is 0 Å². The first-order valence-electron chi connectivity index (χ1n) is 8.16. The van der Waals surface area contributed by atoms with Gasteiger partial charge in [-0.25, -0.2) is 14.8 Å². The zero-order chi connectivity index (χ0) is 19.0. The van der Waals surface area contributed by atoms with E-state index in [9.17, 15) is 9.59 Å². The standard InChI is InChI=1S/C18H15N5O3S/c1-10-14-15(11-3-5-12(6-4-11)17(25)26)27-9-13(24)21-16(14)23(22-10)18-19-7-2-8-20-18/h2-8,15H,9H2,1H3,(H,21,24)(H,25,26)/t15-/m0/s1. The number of aromatic nitrogens is 4. The smallest absolute Gasteiger partial charge is 0.335 e. The Morgan fingerprint density at radius 3 is 2.63 bits per heavy atom. The van der Waals surface area contributed by atoms with E-state index in [4.69, 9.17) is 5.11 Å². The molecule has 1 aromatic carbocycles. The molecule has 0 spiro atoms. The van der Waals surface area contributed by atoms with Crippen molar-refractivity contribution in [2.75, 3.05) is 11.1 Å². The fourth-order valence-corrected chi connectivity index (χ4v) is 4.18. The lowest BCUT2D eigenvalue weighted by molar-refractivity contribution is -0.113. The average molecular weight is 381 g/mol. The monoisotopic (exact) mass is 381 g/mol. The van der Waals surface area contributed by atoms with E-state index in [1.807, 2.05) is 6.92 Å². The maximum absolute atomic E-state index is 12.3. The Labute approximate surface area is 158 Å². The number of aryl methyl sites for hydroxylation is 1. The summed E-state index contributed by atoms with van der Waals surface area (Å²) >= 11 is 1.47. The summed E-state index contributed by atoms with van der Waals surface area (Å²) in [6.07, 6.45) is 3.22. The fraction of sp³-hybridized carbons (Fsp3) is 0.167. The van der Waals surface area contributed by atoms with Gasteiger partial charge in [0.2, 0.25) is 5.91 Å². The van der Waals surface area contributed by atoms with Gasteiger partial charge in [-0.15, -0.1) is 11.8 Å². The largest absolute Gasteiger partial charge is 0.478 e. The van der Waals surface area contributed by atoms with Crippen LogP contribution >= 0.6 is 11.8 Å². The van der Waals surface area contributed by atoms with E-state index in [-0.39, 0.29) is 22.5 Å². The van der Waals surface area contributed by atoms with Crippen molar-refractivity contribution in [1.29, 1.82) is 0 Å². The summed E-state index contributed by atoms with van der Waals surface area (Å²) in [7, 11) is 0. The number of nitrogens with one attached hydrogen (secondary N) is 1. The number of hydrogen-bond acceptors (Lipinski definition) is 6. The van der Waals surface area contributed by atoms with E-state index >= 15 is 0 Å². The second-order valence-corrected chi connectivity index (χ2v) is 7.07. The number of fused-ring (bicyclic) bond motifs is 1. The van der Waals surface area contributed by atoms with E-state index in [0.717, 1.165) is 16.8 Å². The van der Waals surface area contributed by atoms with Crippen molar-refractivity contribution in [2.24, 2.45) is 0 Å². The highest BCUT2D eigenvalue weighted by molar-refractivity contribution is 8.00. The van der Waals surface area contributed by atoms with Crippen LogP contribution in [0.3, 0.4) is 0 Å². The predicted molar refractivity (Wildman–Crippen MR) is 100 cm³/mol. The molecular formula is C18H15N5O3S. The first-order chi connectivity index (χ1) is 13.0. The minimum Gasteiger partial charge on any atom is -0.478 e. The number of nitrogens with zero attached hydrogens (tertiary/aromatic N) is 4. The highest BCUT2D eigenvalue weighted by Gasteiger charge is 2.31. The number of carbonyl (C=O) groups excluding carboxylic acids is 1. The van der Waals surface area contributed by atoms with Crippen LogP contribution in [0.4, 0.5) is 5.82 Å². The lowest BCUT2D eigenvalue weighted by Crippen LogP contribution is -2.16. The van der Waals surface area contributed by atoms with E-state index < -0.39 is 5.97 Å². The van der Waals surface area contributed by atoms with Gasteiger partial charge in [0.05, 0.1) is 22.3 Å². The van der Waals surface area contributed by atoms with Gasteiger partial charge in [-0.05, 0) is 30.7 Å². The van der Waals surface area contributed by atoms with Crippen LogP contribution in [-0.2, 0) is 4.79 Å². The molecule has 1 aliphatic rings. The van der Waals surface area contributed by atoms with Crippen LogP contribution in [0.15, 0.2) is 42.7 Å². The molecule has 3 heterocycles. The Hall–Kier alpha value is -3.20. The Kier molecular flexibility index (Phi) is 4.36. The Morgan fingerprint density at radius 2 is 1.96 bits per heavy atom. The fourth-order valence-electron chi connectivity index (χ4n) is 2.99. The molecule has 9 heteroatoms. The topological polar surface area (TPSA) is 110 Å². The maximum Gasteiger partial charge on any atom is 0.335 e. The third kappa shape index (κ3) is 3.17. The van der Waals surface area contributed by atoms with Crippen molar-refractivity contribution < 1.29 is 14.7 Å². The summed E-state index contributed by atoms with van der Waals surface area (Å²) in [5.74, 6) is 0.0746. The zero-order valence-corrected chi connectivity index (χ0v) is 15.1. The lowest BCUT2D eigenvalue weighted by Gasteiger charge is -2.15. The first kappa shape index (κ1) is 17.2. The number of aromatic carboxylic acids is 1. The molecule has 1 aliphatic heterocycles. The third-order valence-electron chi connectivity index (χ3n) is 4.21. The molecule has 1 atom stereocenters. The van der Waals surface area contributed by atoms with Gasteiger partial charge in [-0.2, -0.15) is 9.78 Å². The SMILES string of the molecule is Cc1nn(-c2ncccn2)c2c1[C@H](c1ccc(C(=O)O)cc1)SCC(=O)N2. The van der Waals surface area contributed by atoms with Crippen LogP contribution < -0.4 is 5.32 Å². The number of carboxylic acids is 1. The Balaban J connectivity index is 1.84. The molecule has 2 N–H and O–H groups in total. The second-order valence-electron chi connectivity index (χ2n) is 5.97. The van der Waals surface area contributed by atoms with Crippen LogP contribution in [0.2, 0.25) is 0 Å². The molecule has 3 aromatic rings. The van der Waals surface area contributed by atoms with E-state index in [1.165, 1.54) is 16.4 Å². The molecule has 0 radical (unpaired) electrons. The molecule has 2 aromatic heterocycles. The van der Waals surface area contributed by atoms with Crippen molar-refractivity contribution in [2.45, 2.75) is 12.2 Å². The summed E-state index contributed by atoms with van der Waals surface area (Å²) in [6, 6.07) is 8.39. The molecule has 1 amide bonds. The van der Waals surface area contributed by atoms with E-state index in [0.29, 0.717) is 11.8 Å². The number of hydrogen-bond donors (Lipinski definition) is 2. The van der Waals surface area contributed by atoms with Gasteiger partial charge in [0.1, 0.15) is 5.82 Å². The van der Waals surface area contributed by atoms with Crippen molar-refractivity contribution in [1.82, 2.24) is 19.7 Å². The maximum atomic E-state index is 12.3. The summed E-state index contributed by atoms with van der Waals surface area (Å²) in [5.41, 5.74) is 2.73. The lowest BCUT2D eigenvalue weighted by atomic mass is 10.0. The molecule has 0 bridgehead atoms. The molecule has 27 heavy (non-hydrogen) atoms. The van der Waals surface area contributed by atoms with Crippen molar-refractivity contribution >= 4 is 29.5 Å². The summed E-state index contributed by atoms with van der Waals surface area (Å²) in [6.45, 7) is 1.87. The molecular weight excluding hydrogens is 366 g/mol. The van der Waals surface area contributed by atoms with Gasteiger partial charge in [0.25, 0.3) is 5.95 Å².